The van der Waals surface area contributed by atoms with Gasteiger partial charge in [0.15, 0.2) is 0 Å². The molecule has 0 amide bonds. The largest absolute Gasteiger partial charge is 0.497 e. The molecule has 1 aromatic heterocycles. The fourth-order valence-corrected chi connectivity index (χ4v) is 3.38. The minimum absolute atomic E-state index is 0.116. The lowest BCUT2D eigenvalue weighted by Gasteiger charge is -2.17. The summed E-state index contributed by atoms with van der Waals surface area (Å²) in [5, 5.41) is 0.00206. The zero-order valence-electron chi connectivity index (χ0n) is 15.3. The van der Waals surface area contributed by atoms with E-state index in [1.165, 1.54) is 39.7 Å². The van der Waals surface area contributed by atoms with Crippen molar-refractivity contribution < 1.29 is 18.7 Å². The standard InChI is InChI=1S/C20H16Cl2FNO4/c1-26-13-6-11(7-14(9-13)27-2)16-10-24(28-3)20(25)19(22)18(16)15-5-4-12(23)8-17(15)21/h4-10H,1-3H3. The Bertz CT molecular complexity index is 1080. The predicted molar refractivity (Wildman–Crippen MR) is 107 cm³/mol. The molecule has 3 rings (SSSR count). The average Bonchev–Trinajstić information content (AvgIpc) is 2.70. The monoisotopic (exact) mass is 423 g/mol. The first-order valence-corrected chi connectivity index (χ1v) is 8.83. The van der Waals surface area contributed by atoms with Gasteiger partial charge in [0.05, 0.1) is 25.4 Å². The highest BCUT2D eigenvalue weighted by Gasteiger charge is 2.21. The summed E-state index contributed by atoms with van der Waals surface area (Å²) >= 11 is 12.6. The summed E-state index contributed by atoms with van der Waals surface area (Å²) in [6, 6.07) is 9.08. The van der Waals surface area contributed by atoms with Gasteiger partial charge in [-0.3, -0.25) is 4.79 Å². The van der Waals surface area contributed by atoms with Crippen LogP contribution in [-0.4, -0.2) is 26.1 Å². The van der Waals surface area contributed by atoms with Crippen molar-refractivity contribution >= 4 is 23.2 Å². The lowest BCUT2D eigenvalue weighted by atomic mass is 9.96. The first-order chi connectivity index (χ1) is 13.4. The van der Waals surface area contributed by atoms with Crippen LogP contribution in [0.4, 0.5) is 4.39 Å². The molecule has 3 aromatic rings. The molecule has 8 heteroatoms. The maximum absolute atomic E-state index is 13.5. The van der Waals surface area contributed by atoms with Crippen LogP contribution in [0.15, 0.2) is 47.4 Å². The Kier molecular flexibility index (Phi) is 5.82. The third kappa shape index (κ3) is 3.66. The van der Waals surface area contributed by atoms with E-state index in [-0.39, 0.29) is 10.0 Å². The Morgan fingerprint density at radius 3 is 2.11 bits per heavy atom. The molecule has 0 N–H and O–H groups in total. The lowest BCUT2D eigenvalue weighted by molar-refractivity contribution is 0.157. The summed E-state index contributed by atoms with van der Waals surface area (Å²) in [6.07, 6.45) is 1.48. The Morgan fingerprint density at radius 1 is 0.929 bits per heavy atom. The van der Waals surface area contributed by atoms with Gasteiger partial charge in [0, 0.05) is 22.8 Å². The van der Waals surface area contributed by atoms with E-state index in [1.54, 1.807) is 18.2 Å². The highest BCUT2D eigenvalue weighted by Crippen LogP contribution is 2.41. The minimum atomic E-state index is -0.571. The van der Waals surface area contributed by atoms with Gasteiger partial charge >= 0.3 is 5.56 Å². The van der Waals surface area contributed by atoms with Crippen LogP contribution in [0.25, 0.3) is 22.3 Å². The molecule has 0 radical (unpaired) electrons. The maximum Gasteiger partial charge on any atom is 0.302 e. The summed E-state index contributed by atoms with van der Waals surface area (Å²) in [5.41, 5.74) is 1.35. The van der Waals surface area contributed by atoms with E-state index in [1.807, 2.05) is 0 Å². The molecule has 0 bridgehead atoms. The molecule has 5 nitrogen and oxygen atoms in total. The van der Waals surface area contributed by atoms with E-state index in [0.29, 0.717) is 33.8 Å². The van der Waals surface area contributed by atoms with Crippen molar-refractivity contribution in [3.05, 3.63) is 68.8 Å². The second kappa shape index (κ2) is 8.12. The molecule has 0 saturated heterocycles. The second-order valence-corrected chi connectivity index (χ2v) is 6.56. The number of benzene rings is 2. The number of methoxy groups -OCH3 is 2. The van der Waals surface area contributed by atoms with Crippen molar-refractivity contribution in [1.29, 1.82) is 0 Å². The number of halogens is 3. The molecule has 0 aliphatic rings. The highest BCUT2D eigenvalue weighted by atomic mass is 35.5. The van der Waals surface area contributed by atoms with Crippen molar-refractivity contribution in [3.63, 3.8) is 0 Å². The first kappa shape index (κ1) is 20.0. The van der Waals surface area contributed by atoms with Crippen molar-refractivity contribution in [2.75, 3.05) is 21.3 Å². The number of ether oxygens (including phenoxy) is 2. The number of pyridine rings is 1. The summed E-state index contributed by atoms with van der Waals surface area (Å²) in [4.78, 5) is 17.6. The fourth-order valence-electron chi connectivity index (χ4n) is 2.84. The van der Waals surface area contributed by atoms with Crippen LogP contribution >= 0.6 is 23.2 Å². The predicted octanol–water partition coefficient (Wildman–Crippen LogP) is 4.70. The zero-order chi connectivity index (χ0) is 20.4. The van der Waals surface area contributed by atoms with Crippen LogP contribution in [0.3, 0.4) is 0 Å². The molecule has 0 atom stereocenters. The zero-order valence-corrected chi connectivity index (χ0v) is 16.8. The Balaban J connectivity index is 2.41. The third-order valence-corrected chi connectivity index (χ3v) is 4.85. The Labute approximate surface area is 170 Å². The van der Waals surface area contributed by atoms with E-state index in [9.17, 15) is 9.18 Å². The topological polar surface area (TPSA) is 49.7 Å². The fraction of sp³-hybridized carbons (Fsp3) is 0.150. The smallest absolute Gasteiger partial charge is 0.302 e. The van der Waals surface area contributed by atoms with Crippen LogP contribution in [0.5, 0.6) is 11.5 Å². The highest BCUT2D eigenvalue weighted by molar-refractivity contribution is 6.37. The molecular formula is C20H16Cl2FNO4. The molecule has 146 valence electrons. The van der Waals surface area contributed by atoms with Gasteiger partial charge in [0.25, 0.3) is 0 Å². The van der Waals surface area contributed by atoms with Gasteiger partial charge in [-0.2, -0.15) is 4.73 Å². The third-order valence-electron chi connectivity index (χ3n) is 4.18. The van der Waals surface area contributed by atoms with Gasteiger partial charge in [-0.05, 0) is 35.9 Å². The summed E-state index contributed by atoms with van der Waals surface area (Å²) in [5.74, 6) is 0.577. The van der Waals surface area contributed by atoms with Crippen molar-refractivity contribution in [2.45, 2.75) is 0 Å². The van der Waals surface area contributed by atoms with Crippen molar-refractivity contribution in [2.24, 2.45) is 0 Å². The molecule has 0 saturated carbocycles. The van der Waals surface area contributed by atoms with E-state index >= 15 is 0 Å². The molecule has 1 heterocycles. The Morgan fingerprint density at radius 2 is 1.57 bits per heavy atom. The van der Waals surface area contributed by atoms with Crippen LogP contribution in [-0.2, 0) is 0 Å². The Hall–Kier alpha value is -2.70. The quantitative estimate of drug-likeness (QED) is 0.596. The van der Waals surface area contributed by atoms with Gasteiger partial charge in [-0.1, -0.05) is 23.2 Å². The molecular weight excluding hydrogens is 408 g/mol. The molecule has 0 aliphatic heterocycles. The van der Waals surface area contributed by atoms with Gasteiger partial charge in [-0.25, -0.2) is 4.39 Å². The number of nitrogens with zero attached hydrogens (tertiary/aromatic N) is 1. The number of aromatic nitrogens is 1. The van der Waals surface area contributed by atoms with Crippen LogP contribution in [0.2, 0.25) is 10.0 Å². The van der Waals surface area contributed by atoms with E-state index in [4.69, 9.17) is 37.5 Å². The first-order valence-electron chi connectivity index (χ1n) is 8.08. The molecule has 0 aliphatic carbocycles. The van der Waals surface area contributed by atoms with E-state index in [0.717, 1.165) is 10.8 Å². The summed E-state index contributed by atoms with van der Waals surface area (Å²) in [7, 11) is 4.40. The van der Waals surface area contributed by atoms with Crippen molar-refractivity contribution in [3.8, 4) is 33.8 Å². The molecule has 2 aromatic carbocycles. The van der Waals surface area contributed by atoms with Crippen molar-refractivity contribution in [1.82, 2.24) is 4.73 Å². The van der Waals surface area contributed by atoms with Crippen LogP contribution in [0, 0.1) is 5.82 Å². The molecule has 0 unspecified atom stereocenters. The summed E-state index contributed by atoms with van der Waals surface area (Å²) in [6.45, 7) is 0. The van der Waals surface area contributed by atoms with Crippen LogP contribution in [0.1, 0.15) is 0 Å². The number of rotatable bonds is 5. The summed E-state index contributed by atoms with van der Waals surface area (Å²) < 4.78 is 25.2. The van der Waals surface area contributed by atoms with Gasteiger partial charge in [-0.15, -0.1) is 0 Å². The normalized spacial score (nSPS) is 10.6. The van der Waals surface area contributed by atoms with Gasteiger partial charge in [0.1, 0.15) is 29.4 Å². The molecule has 0 fully saturated rings. The van der Waals surface area contributed by atoms with Crippen LogP contribution < -0.4 is 19.9 Å². The second-order valence-electron chi connectivity index (χ2n) is 5.77. The van der Waals surface area contributed by atoms with E-state index < -0.39 is 11.4 Å². The number of hydrogen-bond donors (Lipinski definition) is 0. The van der Waals surface area contributed by atoms with Gasteiger partial charge in [0.2, 0.25) is 0 Å². The average molecular weight is 424 g/mol. The maximum atomic E-state index is 13.5. The minimum Gasteiger partial charge on any atom is -0.497 e. The number of hydrogen-bond acceptors (Lipinski definition) is 4. The molecule has 28 heavy (non-hydrogen) atoms. The van der Waals surface area contributed by atoms with E-state index in [2.05, 4.69) is 0 Å². The lowest BCUT2D eigenvalue weighted by Crippen LogP contribution is -2.25. The van der Waals surface area contributed by atoms with Gasteiger partial charge < -0.3 is 14.3 Å². The molecule has 0 spiro atoms. The SMILES string of the molecule is COc1cc(OC)cc(-c2cn(OC)c(=O)c(Cl)c2-c2ccc(F)cc2Cl)c1.